The van der Waals surface area contributed by atoms with Gasteiger partial charge in [-0.05, 0) is 18.9 Å². The third kappa shape index (κ3) is 3.05. The molecule has 0 spiro atoms. The number of thiophene rings is 1. The van der Waals surface area contributed by atoms with Gasteiger partial charge in [-0.1, -0.05) is 13.8 Å². The Morgan fingerprint density at radius 2 is 2.23 bits per heavy atom. The lowest BCUT2D eigenvalue weighted by molar-refractivity contribution is -0.121. The van der Waals surface area contributed by atoms with Gasteiger partial charge in [0.2, 0.25) is 5.91 Å². The van der Waals surface area contributed by atoms with Crippen LogP contribution >= 0.6 is 11.3 Å². The van der Waals surface area contributed by atoms with Crippen LogP contribution in [0.1, 0.15) is 37.0 Å². The van der Waals surface area contributed by atoms with E-state index in [9.17, 15) is 9.59 Å². The summed E-state index contributed by atoms with van der Waals surface area (Å²) >= 11 is 1.51. The predicted octanol–water partition coefficient (Wildman–Crippen LogP) is 1.65. The fourth-order valence-corrected chi connectivity index (χ4v) is 3.44. The highest BCUT2D eigenvalue weighted by molar-refractivity contribution is 7.18. The summed E-state index contributed by atoms with van der Waals surface area (Å²) in [5, 5.41) is 0.558. The number of ether oxygens (including phenoxy) is 1. The van der Waals surface area contributed by atoms with Crippen LogP contribution in [0.15, 0.2) is 10.9 Å². The van der Waals surface area contributed by atoms with E-state index in [1.807, 2.05) is 19.9 Å². The van der Waals surface area contributed by atoms with Crippen LogP contribution in [0.3, 0.4) is 0 Å². The maximum absolute atomic E-state index is 12.8. The molecule has 6 nitrogen and oxygen atoms in total. The molecule has 1 unspecified atom stereocenters. The summed E-state index contributed by atoms with van der Waals surface area (Å²) in [4.78, 5) is 30.9. The summed E-state index contributed by atoms with van der Waals surface area (Å²) in [6.45, 7) is 4.30. The van der Waals surface area contributed by atoms with Gasteiger partial charge in [0.05, 0.1) is 12.0 Å². The summed E-state index contributed by atoms with van der Waals surface area (Å²) in [6.07, 6.45) is 1.76. The van der Waals surface area contributed by atoms with Crippen molar-refractivity contribution in [2.75, 3.05) is 13.7 Å². The van der Waals surface area contributed by atoms with Crippen molar-refractivity contribution in [1.29, 1.82) is 0 Å². The van der Waals surface area contributed by atoms with Gasteiger partial charge in [-0.3, -0.25) is 14.2 Å². The number of aryl methyl sites for hydroxylation is 1. The van der Waals surface area contributed by atoms with Crippen molar-refractivity contribution in [3.8, 4) is 0 Å². The Hall–Kier alpha value is -1.73. The van der Waals surface area contributed by atoms with Crippen LogP contribution in [0.4, 0.5) is 0 Å². The maximum Gasteiger partial charge on any atom is 0.263 e. The largest absolute Gasteiger partial charge is 0.384 e. The van der Waals surface area contributed by atoms with E-state index in [1.165, 1.54) is 15.9 Å². The zero-order valence-electron chi connectivity index (χ0n) is 13.1. The molecular formula is C15H21N3O3S. The summed E-state index contributed by atoms with van der Waals surface area (Å²) in [5.74, 6) is 0.0323. The zero-order chi connectivity index (χ0) is 16.3. The molecule has 2 heterocycles. The van der Waals surface area contributed by atoms with Gasteiger partial charge in [0.1, 0.15) is 16.7 Å². The number of hydrogen-bond acceptors (Lipinski definition) is 5. The summed E-state index contributed by atoms with van der Waals surface area (Å²) in [6, 6.07) is 1.18. The molecule has 0 aliphatic heterocycles. The molecule has 0 saturated heterocycles. The third-order valence-corrected chi connectivity index (χ3v) is 4.80. The fraction of sp³-hybridized carbons (Fsp3) is 0.533. The molecule has 7 heteroatoms. The number of fused-ring (bicyclic) bond motifs is 1. The Morgan fingerprint density at radius 1 is 1.50 bits per heavy atom. The van der Waals surface area contributed by atoms with Gasteiger partial charge in [-0.25, -0.2) is 4.98 Å². The molecule has 2 aromatic heterocycles. The first-order valence-corrected chi connectivity index (χ1v) is 8.17. The Bertz CT molecular complexity index is 735. The van der Waals surface area contributed by atoms with Crippen LogP contribution in [0.25, 0.3) is 10.2 Å². The lowest BCUT2D eigenvalue weighted by atomic mass is 10.2. The first kappa shape index (κ1) is 16.6. The second-order valence-corrected chi connectivity index (χ2v) is 6.17. The van der Waals surface area contributed by atoms with Crippen molar-refractivity contribution in [2.45, 2.75) is 39.2 Å². The van der Waals surface area contributed by atoms with E-state index in [0.717, 1.165) is 11.3 Å². The van der Waals surface area contributed by atoms with E-state index in [0.29, 0.717) is 35.5 Å². The quantitative estimate of drug-likeness (QED) is 0.839. The molecule has 2 N–H and O–H groups in total. The van der Waals surface area contributed by atoms with Crippen LogP contribution in [-0.2, 0) is 22.4 Å². The van der Waals surface area contributed by atoms with Gasteiger partial charge < -0.3 is 10.5 Å². The molecule has 0 saturated carbocycles. The minimum Gasteiger partial charge on any atom is -0.384 e. The number of nitrogens with two attached hydrogens (primary N) is 1. The Labute approximate surface area is 132 Å². The second kappa shape index (κ2) is 7.02. The van der Waals surface area contributed by atoms with E-state index in [4.69, 9.17) is 10.5 Å². The van der Waals surface area contributed by atoms with Crippen molar-refractivity contribution in [3.05, 3.63) is 27.1 Å². The van der Waals surface area contributed by atoms with E-state index in [1.54, 1.807) is 7.11 Å². The first-order valence-electron chi connectivity index (χ1n) is 7.35. The molecule has 120 valence electrons. The number of methoxy groups -OCH3 is 1. The van der Waals surface area contributed by atoms with Crippen molar-refractivity contribution in [2.24, 2.45) is 5.73 Å². The number of primary amides is 1. The molecule has 2 rings (SSSR count). The third-order valence-electron chi connectivity index (χ3n) is 3.63. The van der Waals surface area contributed by atoms with Gasteiger partial charge in [0.25, 0.3) is 5.56 Å². The monoisotopic (exact) mass is 323 g/mol. The molecule has 0 radical (unpaired) electrons. The van der Waals surface area contributed by atoms with Crippen molar-refractivity contribution in [1.82, 2.24) is 9.55 Å². The normalized spacial score (nSPS) is 12.7. The van der Waals surface area contributed by atoms with Crippen LogP contribution in [-0.4, -0.2) is 29.2 Å². The SMILES string of the molecule is CCc1cc2c(=O)n(C(CC)C(N)=O)c(CCOC)nc2s1. The van der Waals surface area contributed by atoms with Crippen LogP contribution in [0.2, 0.25) is 0 Å². The number of rotatable bonds is 7. The molecule has 0 fully saturated rings. The highest BCUT2D eigenvalue weighted by atomic mass is 32.1. The Kier molecular flexibility index (Phi) is 5.31. The minimum absolute atomic E-state index is 0.197. The highest BCUT2D eigenvalue weighted by Gasteiger charge is 2.23. The average molecular weight is 323 g/mol. The average Bonchev–Trinajstić information content (AvgIpc) is 2.91. The summed E-state index contributed by atoms with van der Waals surface area (Å²) in [7, 11) is 1.59. The number of hydrogen-bond donors (Lipinski definition) is 1. The lowest BCUT2D eigenvalue weighted by Gasteiger charge is -2.18. The van der Waals surface area contributed by atoms with Crippen LogP contribution in [0, 0.1) is 0 Å². The molecule has 0 aromatic carbocycles. The second-order valence-electron chi connectivity index (χ2n) is 5.06. The topological polar surface area (TPSA) is 87.2 Å². The zero-order valence-corrected chi connectivity index (χ0v) is 13.9. The molecule has 2 aromatic rings. The molecule has 0 aliphatic rings. The Balaban J connectivity index is 2.70. The lowest BCUT2D eigenvalue weighted by Crippen LogP contribution is -2.36. The van der Waals surface area contributed by atoms with Gasteiger partial charge >= 0.3 is 0 Å². The summed E-state index contributed by atoms with van der Waals surface area (Å²) in [5.41, 5.74) is 5.27. The molecule has 22 heavy (non-hydrogen) atoms. The first-order chi connectivity index (χ1) is 10.5. The maximum atomic E-state index is 12.8. The van der Waals surface area contributed by atoms with E-state index < -0.39 is 11.9 Å². The fourth-order valence-electron chi connectivity index (χ4n) is 2.46. The number of amides is 1. The van der Waals surface area contributed by atoms with E-state index in [-0.39, 0.29) is 5.56 Å². The van der Waals surface area contributed by atoms with Gasteiger partial charge in [-0.2, -0.15) is 0 Å². The summed E-state index contributed by atoms with van der Waals surface area (Å²) < 4.78 is 6.53. The van der Waals surface area contributed by atoms with Gasteiger partial charge in [-0.15, -0.1) is 11.3 Å². The minimum atomic E-state index is -0.679. The molecule has 1 atom stereocenters. The predicted molar refractivity (Wildman–Crippen MR) is 87.4 cm³/mol. The highest BCUT2D eigenvalue weighted by Crippen LogP contribution is 2.23. The Morgan fingerprint density at radius 3 is 2.77 bits per heavy atom. The van der Waals surface area contributed by atoms with Gasteiger partial charge in [0.15, 0.2) is 0 Å². The number of carbonyl (C=O) groups excluding carboxylic acids is 1. The van der Waals surface area contributed by atoms with Crippen molar-refractivity contribution < 1.29 is 9.53 Å². The van der Waals surface area contributed by atoms with Crippen molar-refractivity contribution >= 4 is 27.5 Å². The van der Waals surface area contributed by atoms with Crippen LogP contribution < -0.4 is 11.3 Å². The van der Waals surface area contributed by atoms with E-state index >= 15 is 0 Å². The molecule has 1 amide bonds. The van der Waals surface area contributed by atoms with Crippen LogP contribution in [0.5, 0.6) is 0 Å². The molecule has 0 aliphatic carbocycles. The number of carbonyl (C=O) groups is 1. The van der Waals surface area contributed by atoms with Gasteiger partial charge in [0, 0.05) is 18.4 Å². The molecule has 0 bridgehead atoms. The standard InChI is InChI=1S/C15H21N3O3S/c1-4-9-8-10-14(22-9)17-12(6-7-21-3)18(15(10)20)11(5-2)13(16)19/h8,11H,4-7H2,1-3H3,(H2,16,19). The van der Waals surface area contributed by atoms with Crippen molar-refractivity contribution in [3.63, 3.8) is 0 Å². The number of nitrogens with zero attached hydrogens (tertiary/aromatic N) is 2. The molecular weight excluding hydrogens is 302 g/mol. The van der Waals surface area contributed by atoms with E-state index in [2.05, 4.69) is 4.98 Å². The number of aromatic nitrogens is 2. The smallest absolute Gasteiger partial charge is 0.263 e.